The Balaban J connectivity index is 2.07. The Morgan fingerprint density at radius 1 is 1.21 bits per heavy atom. The summed E-state index contributed by atoms with van der Waals surface area (Å²) in [6.45, 7) is 6.20. The van der Waals surface area contributed by atoms with Gasteiger partial charge in [0.25, 0.3) is 0 Å². The first-order valence-corrected chi connectivity index (χ1v) is 8.07. The molecule has 1 saturated carbocycles. The normalized spacial score (nSPS) is 31.2. The summed E-state index contributed by atoms with van der Waals surface area (Å²) in [7, 11) is 0. The van der Waals surface area contributed by atoms with Crippen molar-refractivity contribution < 1.29 is 4.79 Å². The van der Waals surface area contributed by atoms with Crippen molar-refractivity contribution in [2.75, 3.05) is 13.1 Å². The van der Waals surface area contributed by atoms with Crippen LogP contribution in [0, 0.1) is 11.3 Å². The first-order chi connectivity index (χ1) is 9.06. The number of likely N-dealkylation sites (tertiary alicyclic amines) is 1. The third-order valence-corrected chi connectivity index (χ3v) is 5.22. The van der Waals surface area contributed by atoms with Crippen molar-refractivity contribution in [3.05, 3.63) is 0 Å². The Morgan fingerprint density at radius 3 is 2.63 bits per heavy atom. The zero-order chi connectivity index (χ0) is 13.9. The third-order valence-electron chi connectivity index (χ3n) is 5.22. The quantitative estimate of drug-likeness (QED) is 0.853. The van der Waals surface area contributed by atoms with E-state index < -0.39 is 0 Å². The molecule has 3 heteroatoms. The van der Waals surface area contributed by atoms with Crippen molar-refractivity contribution in [1.82, 2.24) is 4.90 Å². The summed E-state index contributed by atoms with van der Waals surface area (Å²) >= 11 is 0. The lowest BCUT2D eigenvalue weighted by atomic mass is 9.68. The zero-order valence-corrected chi connectivity index (χ0v) is 12.7. The van der Waals surface area contributed by atoms with Crippen molar-refractivity contribution in [3.63, 3.8) is 0 Å². The number of amides is 1. The van der Waals surface area contributed by atoms with Crippen LogP contribution >= 0.6 is 0 Å². The summed E-state index contributed by atoms with van der Waals surface area (Å²) in [6.07, 6.45) is 9.31. The average Bonchev–Trinajstić information content (AvgIpc) is 2.38. The van der Waals surface area contributed by atoms with E-state index in [1.807, 2.05) is 0 Å². The minimum atomic E-state index is 0.181. The van der Waals surface area contributed by atoms with Crippen LogP contribution in [0.1, 0.15) is 65.2 Å². The molecule has 1 aliphatic carbocycles. The summed E-state index contributed by atoms with van der Waals surface area (Å²) in [5.74, 6) is 0.655. The van der Waals surface area contributed by atoms with Gasteiger partial charge in [-0.15, -0.1) is 0 Å². The summed E-state index contributed by atoms with van der Waals surface area (Å²) in [6, 6.07) is 0.406. The van der Waals surface area contributed by atoms with E-state index in [-0.39, 0.29) is 11.3 Å². The Kier molecular flexibility index (Phi) is 4.88. The van der Waals surface area contributed by atoms with E-state index in [1.165, 1.54) is 32.1 Å². The van der Waals surface area contributed by atoms with E-state index in [4.69, 9.17) is 5.73 Å². The van der Waals surface area contributed by atoms with E-state index in [0.717, 1.165) is 25.8 Å². The van der Waals surface area contributed by atoms with Crippen LogP contribution in [0.2, 0.25) is 0 Å². The van der Waals surface area contributed by atoms with Gasteiger partial charge in [0.2, 0.25) is 5.91 Å². The SMILES string of the molecule is CC1(C)CCCCC1C(=O)N1CCCCC1CCN. The van der Waals surface area contributed by atoms with Gasteiger partial charge in [-0.1, -0.05) is 26.7 Å². The fourth-order valence-corrected chi connectivity index (χ4v) is 3.94. The number of carbonyl (C=O) groups is 1. The van der Waals surface area contributed by atoms with Crippen LogP contribution in [0.25, 0.3) is 0 Å². The van der Waals surface area contributed by atoms with E-state index >= 15 is 0 Å². The molecular weight excluding hydrogens is 236 g/mol. The maximum absolute atomic E-state index is 12.9. The first kappa shape index (κ1) is 14.8. The molecular formula is C16H30N2O. The molecule has 1 heterocycles. The third kappa shape index (κ3) is 3.31. The smallest absolute Gasteiger partial charge is 0.226 e. The number of piperidine rings is 1. The van der Waals surface area contributed by atoms with Gasteiger partial charge in [0.05, 0.1) is 0 Å². The molecule has 1 saturated heterocycles. The lowest BCUT2D eigenvalue weighted by Gasteiger charge is -2.44. The molecule has 2 unspecified atom stereocenters. The molecule has 110 valence electrons. The van der Waals surface area contributed by atoms with Crippen molar-refractivity contribution in [2.24, 2.45) is 17.1 Å². The number of hydrogen-bond donors (Lipinski definition) is 1. The number of nitrogens with two attached hydrogens (primary N) is 1. The Labute approximate surface area is 117 Å². The standard InChI is InChI=1S/C16H30N2O/c1-16(2)10-5-3-8-14(16)15(19)18-12-6-4-7-13(18)9-11-17/h13-14H,3-12,17H2,1-2H3. The van der Waals surface area contributed by atoms with E-state index in [2.05, 4.69) is 18.7 Å². The Bertz CT molecular complexity index is 312. The largest absolute Gasteiger partial charge is 0.339 e. The fourth-order valence-electron chi connectivity index (χ4n) is 3.94. The van der Waals surface area contributed by atoms with Gasteiger partial charge in [-0.25, -0.2) is 0 Å². The summed E-state index contributed by atoms with van der Waals surface area (Å²) in [5.41, 5.74) is 5.90. The molecule has 0 aromatic heterocycles. The topological polar surface area (TPSA) is 46.3 Å². The average molecular weight is 266 g/mol. The second kappa shape index (κ2) is 6.25. The highest BCUT2D eigenvalue weighted by atomic mass is 16.2. The van der Waals surface area contributed by atoms with Crippen LogP contribution in [0.15, 0.2) is 0 Å². The molecule has 2 rings (SSSR count). The number of nitrogens with zero attached hydrogens (tertiary/aromatic N) is 1. The second-order valence-electron chi connectivity index (χ2n) is 7.05. The van der Waals surface area contributed by atoms with E-state index in [0.29, 0.717) is 18.5 Å². The highest BCUT2D eigenvalue weighted by Gasteiger charge is 2.40. The molecule has 2 N–H and O–H groups in total. The van der Waals surface area contributed by atoms with Crippen molar-refractivity contribution in [3.8, 4) is 0 Å². The highest BCUT2D eigenvalue weighted by Crippen LogP contribution is 2.42. The summed E-state index contributed by atoms with van der Waals surface area (Å²) in [5, 5.41) is 0. The first-order valence-electron chi connectivity index (χ1n) is 8.07. The number of hydrogen-bond acceptors (Lipinski definition) is 2. The molecule has 0 radical (unpaired) electrons. The van der Waals surface area contributed by atoms with Crippen molar-refractivity contribution in [2.45, 2.75) is 71.3 Å². The molecule has 1 amide bonds. The van der Waals surface area contributed by atoms with Gasteiger partial charge in [0.1, 0.15) is 0 Å². The molecule has 0 bridgehead atoms. The lowest BCUT2D eigenvalue weighted by molar-refractivity contribution is -0.145. The van der Waals surface area contributed by atoms with Crippen LogP contribution in [0.3, 0.4) is 0 Å². The van der Waals surface area contributed by atoms with E-state index in [1.54, 1.807) is 0 Å². The summed E-state index contributed by atoms with van der Waals surface area (Å²) in [4.78, 5) is 15.1. The monoisotopic (exact) mass is 266 g/mol. The molecule has 3 nitrogen and oxygen atoms in total. The van der Waals surface area contributed by atoms with Gasteiger partial charge in [-0.3, -0.25) is 4.79 Å². The molecule has 0 aromatic carbocycles. The summed E-state index contributed by atoms with van der Waals surface area (Å²) < 4.78 is 0. The number of rotatable bonds is 3. The lowest BCUT2D eigenvalue weighted by Crippen LogP contribution is -2.50. The maximum atomic E-state index is 12.9. The number of carbonyl (C=O) groups excluding carboxylic acids is 1. The minimum absolute atomic E-state index is 0.181. The molecule has 2 fully saturated rings. The van der Waals surface area contributed by atoms with Crippen LogP contribution < -0.4 is 5.73 Å². The van der Waals surface area contributed by atoms with Gasteiger partial charge < -0.3 is 10.6 Å². The maximum Gasteiger partial charge on any atom is 0.226 e. The van der Waals surface area contributed by atoms with Crippen molar-refractivity contribution in [1.29, 1.82) is 0 Å². The predicted molar refractivity (Wildman–Crippen MR) is 78.8 cm³/mol. The minimum Gasteiger partial charge on any atom is -0.339 e. The molecule has 1 aliphatic heterocycles. The van der Waals surface area contributed by atoms with Gasteiger partial charge in [0, 0.05) is 18.5 Å². The van der Waals surface area contributed by atoms with Gasteiger partial charge in [-0.2, -0.15) is 0 Å². The predicted octanol–water partition coefficient (Wildman–Crippen LogP) is 2.93. The zero-order valence-electron chi connectivity index (χ0n) is 12.7. The van der Waals surface area contributed by atoms with Gasteiger partial charge >= 0.3 is 0 Å². The van der Waals surface area contributed by atoms with Crippen LogP contribution in [0.5, 0.6) is 0 Å². The second-order valence-corrected chi connectivity index (χ2v) is 7.05. The fraction of sp³-hybridized carbons (Fsp3) is 0.938. The van der Waals surface area contributed by atoms with Crippen LogP contribution in [-0.4, -0.2) is 29.9 Å². The van der Waals surface area contributed by atoms with Gasteiger partial charge in [0.15, 0.2) is 0 Å². The van der Waals surface area contributed by atoms with E-state index in [9.17, 15) is 4.79 Å². The molecule has 0 spiro atoms. The Morgan fingerprint density at radius 2 is 1.95 bits per heavy atom. The molecule has 2 atom stereocenters. The Hall–Kier alpha value is -0.570. The van der Waals surface area contributed by atoms with Gasteiger partial charge in [-0.05, 0) is 50.5 Å². The highest BCUT2D eigenvalue weighted by molar-refractivity contribution is 5.80. The molecule has 19 heavy (non-hydrogen) atoms. The molecule has 2 aliphatic rings. The van der Waals surface area contributed by atoms with Crippen molar-refractivity contribution >= 4 is 5.91 Å². The van der Waals surface area contributed by atoms with Crippen LogP contribution in [0.4, 0.5) is 0 Å². The van der Waals surface area contributed by atoms with Crippen LogP contribution in [-0.2, 0) is 4.79 Å². The molecule has 0 aromatic rings.